The molecular weight excluding hydrogens is 344 g/mol. The number of carbonyl (C=O) groups excluding carboxylic acids is 2. The molecule has 1 fully saturated rings. The quantitative estimate of drug-likeness (QED) is 0.512. The molecule has 8 nitrogen and oxygen atoms in total. The minimum Gasteiger partial charge on any atom is -0.340 e. The monoisotopic (exact) mass is 360 g/mol. The number of para-hydroxylation sites is 1. The molecule has 2 heterocycles. The van der Waals surface area contributed by atoms with Gasteiger partial charge in [-0.05, 0) is 29.6 Å². The molecule has 0 aromatic heterocycles. The number of piperidine rings is 1. The zero-order valence-electron chi connectivity index (χ0n) is 14.4. The molecule has 1 atom stereocenters. The molecule has 8 heteroatoms. The predicted molar refractivity (Wildman–Crippen MR) is 99.8 cm³/mol. The second kappa shape index (κ2) is 6.93. The maximum Gasteiger partial charge on any atom is 0.252 e. The number of fused-ring (bicyclic) bond motifs is 2. The Bertz CT molecular complexity index is 1010. The van der Waals surface area contributed by atoms with E-state index in [0.29, 0.717) is 19.4 Å². The fourth-order valence-electron chi connectivity index (χ4n) is 3.37. The van der Waals surface area contributed by atoms with Crippen molar-refractivity contribution in [1.29, 1.82) is 0 Å². The van der Waals surface area contributed by atoms with Gasteiger partial charge in [-0.2, -0.15) is 0 Å². The molecule has 0 bridgehead atoms. The van der Waals surface area contributed by atoms with E-state index < -0.39 is 11.9 Å². The third kappa shape index (κ3) is 3.14. The number of amides is 2. The van der Waals surface area contributed by atoms with Crippen LogP contribution in [0.25, 0.3) is 10.4 Å². The van der Waals surface area contributed by atoms with Crippen molar-refractivity contribution in [3.8, 4) is 0 Å². The minimum absolute atomic E-state index is 0.177. The van der Waals surface area contributed by atoms with E-state index in [0.717, 1.165) is 17.1 Å². The number of azide groups is 1. The van der Waals surface area contributed by atoms with E-state index in [2.05, 4.69) is 20.3 Å². The fraction of sp³-hybridized carbons (Fsp3) is 0.211. The first-order valence-electron chi connectivity index (χ1n) is 8.59. The summed E-state index contributed by atoms with van der Waals surface area (Å²) < 4.78 is 0. The van der Waals surface area contributed by atoms with Crippen LogP contribution in [-0.2, 0) is 11.3 Å². The third-order valence-corrected chi connectivity index (χ3v) is 4.71. The molecule has 2 aliphatic heterocycles. The minimum atomic E-state index is -0.638. The van der Waals surface area contributed by atoms with Crippen LogP contribution >= 0.6 is 0 Å². The number of nitrogens with one attached hydrogen (secondary N) is 1. The van der Waals surface area contributed by atoms with Crippen molar-refractivity contribution >= 4 is 29.0 Å². The van der Waals surface area contributed by atoms with Gasteiger partial charge in [-0.15, -0.1) is 0 Å². The highest BCUT2D eigenvalue weighted by Crippen LogP contribution is 2.30. The second-order valence-electron chi connectivity index (χ2n) is 6.35. The third-order valence-electron chi connectivity index (χ3n) is 4.71. The molecule has 2 amide bonds. The van der Waals surface area contributed by atoms with Gasteiger partial charge in [0.2, 0.25) is 0 Å². The molecule has 0 radical (unpaired) electrons. The van der Waals surface area contributed by atoms with Crippen LogP contribution in [0.2, 0.25) is 0 Å². The molecule has 27 heavy (non-hydrogen) atoms. The molecule has 1 N–H and O–H groups in total. The Labute approximate surface area is 155 Å². The summed E-state index contributed by atoms with van der Waals surface area (Å²) in [7, 11) is 0. The van der Waals surface area contributed by atoms with E-state index in [1.807, 2.05) is 24.3 Å². The van der Waals surface area contributed by atoms with E-state index in [9.17, 15) is 9.59 Å². The molecule has 0 spiro atoms. The van der Waals surface area contributed by atoms with Gasteiger partial charge in [-0.3, -0.25) is 14.5 Å². The highest BCUT2D eigenvalue weighted by molar-refractivity contribution is 6.07. The van der Waals surface area contributed by atoms with E-state index in [-0.39, 0.29) is 17.2 Å². The fourth-order valence-corrected chi connectivity index (χ4v) is 3.37. The largest absolute Gasteiger partial charge is 0.340 e. The number of rotatable bonds is 3. The molecule has 2 aromatic carbocycles. The van der Waals surface area contributed by atoms with Gasteiger partial charge in [-0.25, -0.2) is 4.99 Å². The first-order valence-corrected chi connectivity index (χ1v) is 8.59. The Morgan fingerprint density at radius 3 is 2.85 bits per heavy atom. The van der Waals surface area contributed by atoms with E-state index >= 15 is 0 Å². The zero-order chi connectivity index (χ0) is 18.8. The van der Waals surface area contributed by atoms with Crippen LogP contribution in [-0.4, -0.2) is 28.6 Å². The van der Waals surface area contributed by atoms with Crippen molar-refractivity contribution in [2.45, 2.75) is 25.4 Å². The van der Waals surface area contributed by atoms with Crippen LogP contribution in [0.1, 0.15) is 28.8 Å². The van der Waals surface area contributed by atoms with Gasteiger partial charge in [0.25, 0.3) is 11.8 Å². The van der Waals surface area contributed by atoms with Crippen LogP contribution in [0, 0.1) is 0 Å². The molecule has 134 valence electrons. The Balaban J connectivity index is 1.54. The summed E-state index contributed by atoms with van der Waals surface area (Å²) in [4.78, 5) is 34.5. The van der Waals surface area contributed by atoms with Gasteiger partial charge < -0.3 is 5.32 Å². The van der Waals surface area contributed by atoms with Crippen molar-refractivity contribution in [3.05, 3.63) is 70.1 Å². The number of amidine groups is 1. The molecule has 0 saturated carbocycles. The van der Waals surface area contributed by atoms with Crippen LogP contribution in [0.4, 0.5) is 11.4 Å². The zero-order valence-corrected chi connectivity index (χ0v) is 14.4. The molecule has 1 unspecified atom stereocenters. The number of hydrogen-bond acceptors (Lipinski definition) is 4. The van der Waals surface area contributed by atoms with Gasteiger partial charge in [0.05, 0.1) is 17.9 Å². The van der Waals surface area contributed by atoms with E-state index in [4.69, 9.17) is 5.53 Å². The van der Waals surface area contributed by atoms with E-state index in [1.165, 1.54) is 0 Å². The normalized spacial score (nSPS) is 17.9. The molecule has 2 aliphatic rings. The van der Waals surface area contributed by atoms with Crippen LogP contribution in [0.3, 0.4) is 0 Å². The van der Waals surface area contributed by atoms with Gasteiger partial charge in [0.15, 0.2) is 0 Å². The van der Waals surface area contributed by atoms with Crippen LogP contribution < -0.4 is 5.32 Å². The molecule has 2 aromatic rings. The Morgan fingerprint density at radius 2 is 2.00 bits per heavy atom. The predicted octanol–water partition coefficient (Wildman–Crippen LogP) is 3.59. The maximum absolute atomic E-state index is 12.9. The average molecular weight is 360 g/mol. The lowest BCUT2D eigenvalue weighted by atomic mass is 9.99. The van der Waals surface area contributed by atoms with Crippen molar-refractivity contribution in [1.82, 2.24) is 10.2 Å². The summed E-state index contributed by atoms with van der Waals surface area (Å²) in [6.45, 7) is 0.454. The van der Waals surface area contributed by atoms with Gasteiger partial charge >= 0.3 is 0 Å². The number of nitrogens with zero attached hydrogens (tertiary/aromatic N) is 5. The Hall–Kier alpha value is -3.64. The van der Waals surface area contributed by atoms with Crippen LogP contribution in [0.15, 0.2) is 58.6 Å². The summed E-state index contributed by atoms with van der Waals surface area (Å²) in [6, 6.07) is 13.6. The van der Waals surface area contributed by atoms with Crippen molar-refractivity contribution < 1.29 is 9.59 Å². The van der Waals surface area contributed by atoms with Crippen molar-refractivity contribution in [3.63, 3.8) is 0 Å². The molecule has 0 aliphatic carbocycles. The van der Waals surface area contributed by atoms with Gasteiger partial charge in [0, 0.05) is 16.9 Å². The summed E-state index contributed by atoms with van der Waals surface area (Å²) in [5.41, 5.74) is 11.0. The molecule has 4 rings (SSSR count). The first kappa shape index (κ1) is 16.8. The van der Waals surface area contributed by atoms with Crippen molar-refractivity contribution in [2.24, 2.45) is 10.1 Å². The highest BCUT2D eigenvalue weighted by atomic mass is 16.2. The summed E-state index contributed by atoms with van der Waals surface area (Å²) in [5, 5.41) is 6.31. The second-order valence-corrected chi connectivity index (χ2v) is 6.35. The molecular formula is C19H16N6O2. The Kier molecular flexibility index (Phi) is 4.32. The Morgan fingerprint density at radius 1 is 1.22 bits per heavy atom. The van der Waals surface area contributed by atoms with Crippen molar-refractivity contribution in [2.75, 3.05) is 0 Å². The lowest BCUT2D eigenvalue weighted by Gasteiger charge is -2.36. The number of hydrogen-bond donors (Lipinski definition) is 1. The number of aliphatic imine (C=N–C) groups is 1. The standard InChI is InChI=1S/C19H16N6O2/c20-24-23-15-8-4-2-6-13(15)18(26)22-16-9-10-17-21-14-7-3-1-5-12(14)11-25(17)19(16)27/h1-8,16H,9-11H2,(H,22,26). The first-order chi connectivity index (χ1) is 13.2. The summed E-state index contributed by atoms with van der Waals surface area (Å²) in [6.07, 6.45) is 1.08. The maximum atomic E-state index is 12.9. The highest BCUT2D eigenvalue weighted by Gasteiger charge is 2.36. The van der Waals surface area contributed by atoms with Gasteiger partial charge in [0.1, 0.15) is 11.9 Å². The smallest absolute Gasteiger partial charge is 0.252 e. The molecule has 1 saturated heterocycles. The number of carbonyl (C=O) groups is 2. The number of benzene rings is 2. The van der Waals surface area contributed by atoms with Crippen LogP contribution in [0.5, 0.6) is 0 Å². The SMILES string of the molecule is [N-]=[N+]=Nc1ccccc1C(=O)NC1CCC2=Nc3ccccc3CN2C1=O. The summed E-state index contributed by atoms with van der Waals surface area (Å²) >= 11 is 0. The average Bonchev–Trinajstić information content (AvgIpc) is 2.69. The lowest BCUT2D eigenvalue weighted by molar-refractivity contribution is -0.131. The summed E-state index contributed by atoms with van der Waals surface area (Å²) in [5.74, 6) is 0.122. The lowest BCUT2D eigenvalue weighted by Crippen LogP contribution is -2.54. The van der Waals surface area contributed by atoms with Gasteiger partial charge in [-0.1, -0.05) is 41.5 Å². The topological polar surface area (TPSA) is 111 Å². The van der Waals surface area contributed by atoms with E-state index in [1.54, 1.807) is 29.2 Å².